The molecule has 0 aliphatic carbocycles. The first-order valence-corrected chi connectivity index (χ1v) is 6.97. The predicted octanol–water partition coefficient (Wildman–Crippen LogP) is 3.79. The molecule has 1 aromatic rings. The van der Waals surface area contributed by atoms with Crippen LogP contribution in [0.1, 0.15) is 46.9 Å². The summed E-state index contributed by atoms with van der Waals surface area (Å²) in [5.41, 5.74) is -0.587. The fourth-order valence-electron chi connectivity index (χ4n) is 1.53. The number of nitrogens with one attached hydrogen (secondary N) is 1. The lowest BCUT2D eigenvalue weighted by Crippen LogP contribution is -2.19. The summed E-state index contributed by atoms with van der Waals surface area (Å²) in [6.45, 7) is 10.6. The molecule has 0 aliphatic rings. The van der Waals surface area contributed by atoms with Crippen LogP contribution >= 0.6 is 11.6 Å². The summed E-state index contributed by atoms with van der Waals surface area (Å²) in [6, 6.07) is 0. The van der Waals surface area contributed by atoms with Crippen molar-refractivity contribution in [1.29, 1.82) is 0 Å². The molecule has 1 aromatic heterocycles. The largest absolute Gasteiger partial charge is 0.364 e. The highest BCUT2D eigenvalue weighted by atomic mass is 35.5. The Labute approximate surface area is 124 Å². The van der Waals surface area contributed by atoms with Crippen molar-refractivity contribution < 1.29 is 4.92 Å². The average Bonchev–Trinajstić information content (AvgIpc) is 2.25. The number of nitrogens with zero attached hydrogens (tertiary/aromatic N) is 3. The Morgan fingerprint density at radius 3 is 2.40 bits per heavy atom. The van der Waals surface area contributed by atoms with E-state index in [1.165, 1.54) is 0 Å². The van der Waals surface area contributed by atoms with Gasteiger partial charge in [-0.15, -0.1) is 0 Å². The Morgan fingerprint density at radius 1 is 1.35 bits per heavy atom. The third kappa shape index (κ3) is 4.30. The Balaban J connectivity index is 3.16. The second kappa shape index (κ2) is 6.35. The van der Waals surface area contributed by atoms with Crippen molar-refractivity contribution in [3.8, 4) is 0 Å². The minimum atomic E-state index is -0.549. The Hall–Kier alpha value is -1.43. The Kier molecular flexibility index (Phi) is 5.28. The van der Waals surface area contributed by atoms with Gasteiger partial charge in [0.25, 0.3) is 0 Å². The highest BCUT2D eigenvalue weighted by Crippen LogP contribution is 2.32. The number of hydrogen-bond donors (Lipinski definition) is 1. The molecule has 7 heteroatoms. The minimum Gasteiger partial charge on any atom is -0.364 e. The molecule has 0 fully saturated rings. The van der Waals surface area contributed by atoms with Gasteiger partial charge < -0.3 is 5.32 Å². The van der Waals surface area contributed by atoms with Crippen LogP contribution in [0.2, 0.25) is 5.15 Å². The molecule has 0 spiro atoms. The summed E-state index contributed by atoms with van der Waals surface area (Å²) in [5.74, 6) is 1.18. The first-order valence-electron chi connectivity index (χ1n) is 6.59. The van der Waals surface area contributed by atoms with E-state index in [0.717, 1.165) is 6.42 Å². The van der Waals surface area contributed by atoms with Crippen molar-refractivity contribution in [3.63, 3.8) is 0 Å². The van der Waals surface area contributed by atoms with Crippen molar-refractivity contribution >= 4 is 23.1 Å². The van der Waals surface area contributed by atoms with Crippen LogP contribution in [0.25, 0.3) is 0 Å². The van der Waals surface area contributed by atoms with E-state index in [1.54, 1.807) is 0 Å². The predicted molar refractivity (Wildman–Crippen MR) is 80.3 cm³/mol. The lowest BCUT2D eigenvalue weighted by atomic mass is 9.96. The molecule has 0 saturated carbocycles. The molecule has 0 saturated heterocycles. The lowest BCUT2D eigenvalue weighted by Gasteiger charge is -2.18. The highest BCUT2D eigenvalue weighted by Gasteiger charge is 2.27. The fourth-order valence-corrected chi connectivity index (χ4v) is 1.77. The van der Waals surface area contributed by atoms with E-state index in [9.17, 15) is 10.1 Å². The quantitative estimate of drug-likeness (QED) is 0.508. The molecule has 20 heavy (non-hydrogen) atoms. The van der Waals surface area contributed by atoms with E-state index >= 15 is 0 Å². The maximum Gasteiger partial charge on any atom is 0.348 e. The van der Waals surface area contributed by atoms with E-state index in [1.807, 2.05) is 20.8 Å². The molecule has 1 N–H and O–H groups in total. The molecule has 0 aliphatic heterocycles. The zero-order valence-electron chi connectivity index (χ0n) is 12.5. The van der Waals surface area contributed by atoms with Gasteiger partial charge in [-0.1, -0.05) is 46.2 Å². The number of rotatable bonds is 5. The van der Waals surface area contributed by atoms with E-state index in [0.29, 0.717) is 18.3 Å². The highest BCUT2D eigenvalue weighted by molar-refractivity contribution is 6.31. The van der Waals surface area contributed by atoms with Gasteiger partial charge in [0.15, 0.2) is 0 Å². The van der Waals surface area contributed by atoms with Crippen LogP contribution in [0.4, 0.5) is 11.5 Å². The van der Waals surface area contributed by atoms with Crippen molar-refractivity contribution in [2.45, 2.75) is 46.5 Å². The Bertz CT molecular complexity index is 498. The summed E-state index contributed by atoms with van der Waals surface area (Å²) in [5, 5.41) is 14.0. The van der Waals surface area contributed by atoms with Gasteiger partial charge >= 0.3 is 5.69 Å². The molecule has 0 radical (unpaired) electrons. The van der Waals surface area contributed by atoms with Gasteiger partial charge in [-0.25, -0.2) is 9.97 Å². The third-order valence-corrected chi connectivity index (χ3v) is 2.97. The monoisotopic (exact) mass is 300 g/mol. The summed E-state index contributed by atoms with van der Waals surface area (Å²) < 4.78 is 0. The van der Waals surface area contributed by atoms with Crippen LogP contribution < -0.4 is 5.32 Å². The summed E-state index contributed by atoms with van der Waals surface area (Å²) >= 11 is 5.94. The van der Waals surface area contributed by atoms with Crippen LogP contribution in [-0.2, 0) is 5.41 Å². The Morgan fingerprint density at radius 2 is 1.95 bits per heavy atom. The van der Waals surface area contributed by atoms with Gasteiger partial charge in [-0.3, -0.25) is 10.1 Å². The number of aromatic nitrogens is 2. The van der Waals surface area contributed by atoms with Crippen LogP contribution in [0.3, 0.4) is 0 Å². The lowest BCUT2D eigenvalue weighted by molar-refractivity contribution is -0.384. The molecule has 0 unspecified atom stereocenters. The number of anilines is 1. The molecule has 112 valence electrons. The molecule has 0 aromatic carbocycles. The van der Waals surface area contributed by atoms with Crippen molar-refractivity contribution in [2.24, 2.45) is 5.92 Å². The second-order valence-corrected chi connectivity index (χ2v) is 6.51. The standard InChI is InChI=1S/C13H21ClN4O2/c1-8(2)6-7-15-11-9(18(19)20)10(14)16-12(17-11)13(3,4)5/h8H,6-7H2,1-5H3,(H,15,16,17). The summed E-state index contributed by atoms with van der Waals surface area (Å²) in [6.07, 6.45) is 0.892. The van der Waals surface area contributed by atoms with E-state index in [2.05, 4.69) is 29.1 Å². The molecule has 0 bridgehead atoms. The molecule has 1 rings (SSSR count). The first kappa shape index (κ1) is 16.6. The average molecular weight is 301 g/mol. The van der Waals surface area contributed by atoms with E-state index in [4.69, 9.17) is 11.6 Å². The molecule has 0 amide bonds. The normalized spacial score (nSPS) is 11.8. The van der Waals surface area contributed by atoms with Crippen molar-refractivity contribution in [1.82, 2.24) is 9.97 Å². The SMILES string of the molecule is CC(C)CCNc1nc(C(C)(C)C)nc(Cl)c1[N+](=O)[O-]. The number of halogens is 1. The second-order valence-electron chi connectivity index (χ2n) is 6.15. The van der Waals surface area contributed by atoms with Crippen LogP contribution in [0.15, 0.2) is 0 Å². The van der Waals surface area contributed by atoms with Crippen LogP contribution in [0, 0.1) is 16.0 Å². The van der Waals surface area contributed by atoms with Crippen molar-refractivity contribution in [3.05, 3.63) is 21.1 Å². The molecule has 0 atom stereocenters. The van der Waals surface area contributed by atoms with E-state index < -0.39 is 4.92 Å². The zero-order valence-corrected chi connectivity index (χ0v) is 13.3. The van der Waals surface area contributed by atoms with Gasteiger partial charge in [0.1, 0.15) is 5.82 Å². The minimum absolute atomic E-state index is 0.123. The zero-order chi connectivity index (χ0) is 15.5. The third-order valence-electron chi connectivity index (χ3n) is 2.71. The van der Waals surface area contributed by atoms with Gasteiger partial charge in [0, 0.05) is 12.0 Å². The maximum absolute atomic E-state index is 11.1. The fraction of sp³-hybridized carbons (Fsp3) is 0.692. The molecular weight excluding hydrogens is 280 g/mol. The topological polar surface area (TPSA) is 81.0 Å². The summed E-state index contributed by atoms with van der Waals surface area (Å²) in [7, 11) is 0. The molecule has 6 nitrogen and oxygen atoms in total. The van der Waals surface area contributed by atoms with E-state index in [-0.39, 0.29) is 22.1 Å². The van der Waals surface area contributed by atoms with Crippen molar-refractivity contribution in [2.75, 3.05) is 11.9 Å². The molecular formula is C13H21ClN4O2. The summed E-state index contributed by atoms with van der Waals surface area (Å²) in [4.78, 5) is 18.9. The van der Waals surface area contributed by atoms with Gasteiger partial charge in [-0.05, 0) is 12.3 Å². The van der Waals surface area contributed by atoms with Gasteiger partial charge in [0.2, 0.25) is 11.0 Å². The van der Waals surface area contributed by atoms with Gasteiger partial charge in [-0.2, -0.15) is 0 Å². The maximum atomic E-state index is 11.1. The molecule has 1 heterocycles. The first-order chi connectivity index (χ1) is 9.12. The number of nitro groups is 1. The van der Waals surface area contributed by atoms with Crippen LogP contribution in [-0.4, -0.2) is 21.4 Å². The van der Waals surface area contributed by atoms with Gasteiger partial charge in [0.05, 0.1) is 4.92 Å². The van der Waals surface area contributed by atoms with Crippen LogP contribution in [0.5, 0.6) is 0 Å². The number of hydrogen-bond acceptors (Lipinski definition) is 5. The smallest absolute Gasteiger partial charge is 0.348 e.